The number of carbonyl (C=O) groups excluding carboxylic acids is 1. The van der Waals surface area contributed by atoms with Crippen LogP contribution >= 0.6 is 0 Å². The SMILES string of the molecule is COc1ccc(COC(C(=O)c2ccc(OC)cc2)c2ccc(OC)cc2)cc1. The van der Waals surface area contributed by atoms with Gasteiger partial charge in [0.15, 0.2) is 5.78 Å². The summed E-state index contributed by atoms with van der Waals surface area (Å²) in [5, 5.41) is 0. The minimum absolute atomic E-state index is 0.119. The Hall–Kier alpha value is -3.31. The Morgan fingerprint density at radius 2 is 1.14 bits per heavy atom. The summed E-state index contributed by atoms with van der Waals surface area (Å²) < 4.78 is 21.7. The Bertz CT molecular complexity index is 915. The lowest BCUT2D eigenvalue weighted by Gasteiger charge is -2.18. The second-order valence-electron chi connectivity index (χ2n) is 6.41. The Morgan fingerprint density at radius 1 is 0.690 bits per heavy atom. The topological polar surface area (TPSA) is 54.0 Å². The maximum Gasteiger partial charge on any atom is 0.196 e. The molecule has 0 heterocycles. The summed E-state index contributed by atoms with van der Waals surface area (Å²) in [6, 6.07) is 21.9. The number of ether oxygens (including phenoxy) is 4. The van der Waals surface area contributed by atoms with E-state index in [0.29, 0.717) is 17.9 Å². The second kappa shape index (κ2) is 9.75. The first-order chi connectivity index (χ1) is 14.1. The molecule has 3 aromatic carbocycles. The quantitative estimate of drug-likeness (QED) is 0.487. The molecule has 1 unspecified atom stereocenters. The van der Waals surface area contributed by atoms with Gasteiger partial charge >= 0.3 is 0 Å². The molecule has 5 nitrogen and oxygen atoms in total. The van der Waals surface area contributed by atoms with E-state index in [1.165, 1.54) is 0 Å². The van der Waals surface area contributed by atoms with Gasteiger partial charge in [0.05, 0.1) is 27.9 Å². The van der Waals surface area contributed by atoms with Crippen molar-refractivity contribution in [1.29, 1.82) is 0 Å². The zero-order chi connectivity index (χ0) is 20.6. The Balaban J connectivity index is 1.83. The van der Waals surface area contributed by atoms with Crippen molar-refractivity contribution in [3.63, 3.8) is 0 Å². The fourth-order valence-electron chi connectivity index (χ4n) is 2.91. The molecule has 0 aliphatic carbocycles. The van der Waals surface area contributed by atoms with Crippen LogP contribution in [-0.4, -0.2) is 27.1 Å². The van der Waals surface area contributed by atoms with Gasteiger partial charge in [-0.1, -0.05) is 24.3 Å². The Labute approximate surface area is 170 Å². The van der Waals surface area contributed by atoms with Crippen molar-refractivity contribution < 1.29 is 23.7 Å². The Morgan fingerprint density at radius 3 is 1.62 bits per heavy atom. The van der Waals surface area contributed by atoms with E-state index in [9.17, 15) is 4.79 Å². The van der Waals surface area contributed by atoms with Gasteiger partial charge in [-0.15, -0.1) is 0 Å². The van der Waals surface area contributed by atoms with E-state index in [2.05, 4.69) is 0 Å². The van der Waals surface area contributed by atoms with Crippen LogP contribution in [0.2, 0.25) is 0 Å². The highest BCUT2D eigenvalue weighted by Crippen LogP contribution is 2.27. The van der Waals surface area contributed by atoms with Gasteiger partial charge in [-0.05, 0) is 59.7 Å². The average molecular weight is 392 g/mol. The molecule has 3 aromatic rings. The number of ketones is 1. The van der Waals surface area contributed by atoms with Gasteiger partial charge in [-0.2, -0.15) is 0 Å². The fraction of sp³-hybridized carbons (Fsp3) is 0.208. The van der Waals surface area contributed by atoms with Crippen LogP contribution in [0.3, 0.4) is 0 Å². The van der Waals surface area contributed by atoms with Crippen molar-refractivity contribution in [2.45, 2.75) is 12.7 Å². The van der Waals surface area contributed by atoms with Gasteiger partial charge < -0.3 is 18.9 Å². The first kappa shape index (κ1) is 20.4. The highest BCUT2D eigenvalue weighted by molar-refractivity contribution is 6.00. The number of Topliss-reactive ketones (excluding diaryl/α,β-unsaturated/α-hetero) is 1. The maximum atomic E-state index is 13.2. The third kappa shape index (κ3) is 5.15. The first-order valence-electron chi connectivity index (χ1n) is 9.21. The largest absolute Gasteiger partial charge is 0.497 e. The van der Waals surface area contributed by atoms with Crippen molar-refractivity contribution in [1.82, 2.24) is 0 Å². The molecule has 0 spiro atoms. The van der Waals surface area contributed by atoms with Crippen LogP contribution in [0.5, 0.6) is 17.2 Å². The standard InChI is InChI=1S/C24H24O5/c1-26-20-10-4-17(5-11-20)16-29-24(19-8-14-22(28-3)15-9-19)23(25)18-6-12-21(27-2)13-7-18/h4-15,24H,16H2,1-3H3. The summed E-state index contributed by atoms with van der Waals surface area (Å²) in [7, 11) is 4.82. The Kier molecular flexibility index (Phi) is 6.87. The van der Waals surface area contributed by atoms with E-state index in [-0.39, 0.29) is 5.78 Å². The predicted molar refractivity (Wildman–Crippen MR) is 111 cm³/mol. The summed E-state index contributed by atoms with van der Waals surface area (Å²) in [6.45, 7) is 0.294. The summed E-state index contributed by atoms with van der Waals surface area (Å²) in [5.41, 5.74) is 2.27. The lowest BCUT2D eigenvalue weighted by atomic mass is 9.99. The number of benzene rings is 3. The van der Waals surface area contributed by atoms with E-state index >= 15 is 0 Å². The molecule has 0 fully saturated rings. The highest BCUT2D eigenvalue weighted by Gasteiger charge is 2.23. The monoisotopic (exact) mass is 392 g/mol. The van der Waals surface area contributed by atoms with Crippen LogP contribution in [-0.2, 0) is 11.3 Å². The van der Waals surface area contributed by atoms with Crippen LogP contribution in [0.1, 0.15) is 27.6 Å². The average Bonchev–Trinajstić information content (AvgIpc) is 2.80. The third-order valence-corrected chi connectivity index (χ3v) is 4.61. The smallest absolute Gasteiger partial charge is 0.196 e. The molecule has 0 N–H and O–H groups in total. The lowest BCUT2D eigenvalue weighted by Crippen LogP contribution is -2.16. The summed E-state index contributed by atoms with van der Waals surface area (Å²) in [6.07, 6.45) is -0.739. The summed E-state index contributed by atoms with van der Waals surface area (Å²) in [5.74, 6) is 2.07. The van der Waals surface area contributed by atoms with Gasteiger partial charge in [0.25, 0.3) is 0 Å². The lowest BCUT2D eigenvalue weighted by molar-refractivity contribution is 0.0333. The van der Waals surface area contributed by atoms with Crippen LogP contribution in [0, 0.1) is 0 Å². The summed E-state index contributed by atoms with van der Waals surface area (Å²) in [4.78, 5) is 13.2. The van der Waals surface area contributed by atoms with E-state index < -0.39 is 6.10 Å². The van der Waals surface area contributed by atoms with Crippen LogP contribution in [0.4, 0.5) is 0 Å². The molecular weight excluding hydrogens is 368 g/mol. The number of hydrogen-bond acceptors (Lipinski definition) is 5. The van der Waals surface area contributed by atoms with E-state index in [1.807, 2.05) is 48.5 Å². The van der Waals surface area contributed by atoms with Crippen LogP contribution in [0.15, 0.2) is 72.8 Å². The maximum absolute atomic E-state index is 13.2. The minimum atomic E-state index is -0.739. The molecule has 0 saturated heterocycles. The molecule has 150 valence electrons. The molecule has 5 heteroatoms. The second-order valence-corrected chi connectivity index (χ2v) is 6.41. The zero-order valence-corrected chi connectivity index (χ0v) is 16.8. The third-order valence-electron chi connectivity index (χ3n) is 4.61. The molecule has 3 rings (SSSR count). The van der Waals surface area contributed by atoms with E-state index in [0.717, 1.165) is 22.6 Å². The number of hydrogen-bond donors (Lipinski definition) is 0. The number of rotatable bonds is 9. The van der Waals surface area contributed by atoms with E-state index in [4.69, 9.17) is 18.9 Å². The van der Waals surface area contributed by atoms with Crippen molar-refractivity contribution in [3.05, 3.63) is 89.5 Å². The molecule has 0 aliphatic rings. The molecule has 0 aromatic heterocycles. The fourth-order valence-corrected chi connectivity index (χ4v) is 2.91. The molecular formula is C24H24O5. The van der Waals surface area contributed by atoms with Crippen molar-refractivity contribution in [2.24, 2.45) is 0 Å². The normalized spacial score (nSPS) is 11.6. The van der Waals surface area contributed by atoms with Crippen molar-refractivity contribution in [3.8, 4) is 17.2 Å². The van der Waals surface area contributed by atoms with Crippen molar-refractivity contribution in [2.75, 3.05) is 21.3 Å². The first-order valence-corrected chi connectivity index (χ1v) is 9.21. The molecule has 0 radical (unpaired) electrons. The molecule has 0 aliphatic heterocycles. The molecule has 29 heavy (non-hydrogen) atoms. The zero-order valence-electron chi connectivity index (χ0n) is 16.8. The highest BCUT2D eigenvalue weighted by atomic mass is 16.5. The van der Waals surface area contributed by atoms with Gasteiger partial charge in [-0.3, -0.25) is 4.79 Å². The molecule has 0 bridgehead atoms. The van der Waals surface area contributed by atoms with Gasteiger partial charge in [0.2, 0.25) is 0 Å². The molecule has 0 saturated carbocycles. The van der Waals surface area contributed by atoms with Crippen LogP contribution < -0.4 is 14.2 Å². The number of carbonyl (C=O) groups is 1. The van der Waals surface area contributed by atoms with Crippen LogP contribution in [0.25, 0.3) is 0 Å². The molecule has 1 atom stereocenters. The summed E-state index contributed by atoms with van der Waals surface area (Å²) >= 11 is 0. The predicted octanol–water partition coefficient (Wildman–Crippen LogP) is 4.85. The van der Waals surface area contributed by atoms with Crippen molar-refractivity contribution >= 4 is 5.78 Å². The molecule has 0 amide bonds. The van der Waals surface area contributed by atoms with E-state index in [1.54, 1.807) is 45.6 Å². The van der Waals surface area contributed by atoms with Gasteiger partial charge in [0, 0.05) is 5.56 Å². The minimum Gasteiger partial charge on any atom is -0.497 e. The number of methoxy groups -OCH3 is 3. The van der Waals surface area contributed by atoms with Gasteiger partial charge in [-0.25, -0.2) is 0 Å². The van der Waals surface area contributed by atoms with Gasteiger partial charge in [0.1, 0.15) is 23.4 Å².